The van der Waals surface area contributed by atoms with E-state index in [9.17, 15) is 4.79 Å². The summed E-state index contributed by atoms with van der Waals surface area (Å²) in [5.74, 6) is 0.977. The Morgan fingerprint density at radius 3 is 2.73 bits per heavy atom. The third-order valence-corrected chi connectivity index (χ3v) is 5.37. The molecule has 3 heterocycles. The third-order valence-electron chi connectivity index (χ3n) is 4.43. The van der Waals surface area contributed by atoms with Gasteiger partial charge >= 0.3 is 5.97 Å². The molecule has 8 heteroatoms. The largest absolute Gasteiger partial charge is 0.497 e. The molecule has 0 radical (unpaired) electrons. The van der Waals surface area contributed by atoms with Gasteiger partial charge in [-0.05, 0) is 44.2 Å². The van der Waals surface area contributed by atoms with E-state index in [1.165, 1.54) is 17.5 Å². The Balaban J connectivity index is 1.40. The average molecular weight is 420 g/mol. The molecule has 0 aliphatic carbocycles. The van der Waals surface area contributed by atoms with Gasteiger partial charge in [0, 0.05) is 22.8 Å². The van der Waals surface area contributed by atoms with Crippen molar-refractivity contribution < 1.29 is 14.3 Å². The normalized spacial score (nSPS) is 10.8. The molecule has 0 spiro atoms. The van der Waals surface area contributed by atoms with E-state index in [0.717, 1.165) is 27.7 Å². The maximum Gasteiger partial charge on any atom is 0.340 e. The SMILES string of the molecule is COc1cccc(-c2nc(COC(=O)c3ccc(-n4nc(C)cc4C)nc3)cs2)c1. The molecule has 0 N–H and O–H groups in total. The van der Waals surface area contributed by atoms with Gasteiger partial charge < -0.3 is 9.47 Å². The van der Waals surface area contributed by atoms with E-state index >= 15 is 0 Å². The molecule has 0 saturated heterocycles. The quantitative estimate of drug-likeness (QED) is 0.431. The van der Waals surface area contributed by atoms with Crippen LogP contribution >= 0.6 is 11.3 Å². The summed E-state index contributed by atoms with van der Waals surface area (Å²) in [6.07, 6.45) is 1.50. The van der Waals surface area contributed by atoms with Crippen molar-refractivity contribution in [2.75, 3.05) is 7.11 Å². The van der Waals surface area contributed by atoms with Gasteiger partial charge in [-0.3, -0.25) is 0 Å². The second kappa shape index (κ2) is 8.46. The van der Waals surface area contributed by atoms with E-state index in [0.29, 0.717) is 17.1 Å². The first kappa shape index (κ1) is 19.8. The smallest absolute Gasteiger partial charge is 0.340 e. The summed E-state index contributed by atoms with van der Waals surface area (Å²) in [6.45, 7) is 3.98. The highest BCUT2D eigenvalue weighted by atomic mass is 32.1. The molecule has 0 bridgehead atoms. The number of esters is 1. The van der Waals surface area contributed by atoms with Crippen molar-refractivity contribution >= 4 is 17.3 Å². The van der Waals surface area contributed by atoms with Crippen LogP contribution in [-0.2, 0) is 11.3 Å². The van der Waals surface area contributed by atoms with Crippen molar-refractivity contribution in [1.29, 1.82) is 0 Å². The molecule has 30 heavy (non-hydrogen) atoms. The minimum Gasteiger partial charge on any atom is -0.497 e. The van der Waals surface area contributed by atoms with Gasteiger partial charge in [-0.2, -0.15) is 5.10 Å². The Hall–Kier alpha value is -3.52. The highest BCUT2D eigenvalue weighted by molar-refractivity contribution is 7.13. The first-order valence-corrected chi connectivity index (χ1v) is 10.2. The number of thiazole rings is 1. The standard InChI is InChI=1S/C22H20N4O3S/c1-14-9-15(2)26(25-14)20-8-7-17(11-23-20)22(27)29-12-18-13-30-21(24-18)16-5-4-6-19(10-16)28-3/h4-11,13H,12H2,1-3H3. The fraction of sp³-hybridized carbons (Fsp3) is 0.182. The number of methoxy groups -OCH3 is 1. The fourth-order valence-electron chi connectivity index (χ4n) is 2.98. The second-order valence-corrected chi connectivity index (χ2v) is 7.55. The van der Waals surface area contributed by atoms with Gasteiger partial charge in [0.1, 0.15) is 17.4 Å². The average Bonchev–Trinajstić information content (AvgIpc) is 3.38. The Bertz CT molecular complexity index is 1180. The fourth-order valence-corrected chi connectivity index (χ4v) is 3.78. The predicted molar refractivity (Wildman–Crippen MR) is 114 cm³/mol. The van der Waals surface area contributed by atoms with Gasteiger partial charge in [0.15, 0.2) is 5.82 Å². The van der Waals surface area contributed by atoms with Crippen molar-refractivity contribution in [1.82, 2.24) is 19.7 Å². The number of aryl methyl sites for hydroxylation is 2. The lowest BCUT2D eigenvalue weighted by molar-refractivity contribution is 0.0468. The molecule has 0 amide bonds. The second-order valence-electron chi connectivity index (χ2n) is 6.70. The summed E-state index contributed by atoms with van der Waals surface area (Å²) in [5, 5.41) is 7.12. The number of carbonyl (C=O) groups excluding carboxylic acids is 1. The molecular weight excluding hydrogens is 400 g/mol. The Kier molecular flexibility index (Phi) is 5.58. The summed E-state index contributed by atoms with van der Waals surface area (Å²) in [7, 11) is 1.63. The van der Waals surface area contributed by atoms with Crippen LogP contribution in [0.1, 0.15) is 27.4 Å². The first-order chi connectivity index (χ1) is 14.5. The van der Waals surface area contributed by atoms with E-state index in [1.54, 1.807) is 23.9 Å². The van der Waals surface area contributed by atoms with E-state index in [-0.39, 0.29) is 6.61 Å². The third kappa shape index (κ3) is 4.23. The van der Waals surface area contributed by atoms with E-state index in [2.05, 4.69) is 15.1 Å². The molecule has 3 aromatic heterocycles. The van der Waals surface area contributed by atoms with E-state index in [4.69, 9.17) is 9.47 Å². The van der Waals surface area contributed by atoms with Crippen LogP contribution in [0.25, 0.3) is 16.4 Å². The molecule has 152 valence electrons. The summed E-state index contributed by atoms with van der Waals surface area (Å²) in [5.41, 5.74) is 3.92. The molecule has 0 fully saturated rings. The van der Waals surface area contributed by atoms with Crippen molar-refractivity contribution in [3.63, 3.8) is 0 Å². The van der Waals surface area contributed by atoms with Crippen LogP contribution in [0.3, 0.4) is 0 Å². The predicted octanol–water partition coefficient (Wildman–Crippen LogP) is 4.37. The molecule has 7 nitrogen and oxygen atoms in total. The maximum absolute atomic E-state index is 12.4. The van der Waals surface area contributed by atoms with Crippen LogP contribution in [0.2, 0.25) is 0 Å². The molecule has 0 atom stereocenters. The zero-order valence-corrected chi connectivity index (χ0v) is 17.6. The number of aromatic nitrogens is 4. The van der Waals surface area contributed by atoms with Crippen molar-refractivity contribution in [3.8, 4) is 22.1 Å². The molecule has 0 aliphatic rings. The van der Waals surface area contributed by atoms with E-state index in [1.807, 2.05) is 49.6 Å². The number of carbonyl (C=O) groups is 1. The van der Waals surface area contributed by atoms with Crippen LogP contribution in [0.4, 0.5) is 0 Å². The lowest BCUT2D eigenvalue weighted by Gasteiger charge is -2.05. The Morgan fingerprint density at radius 1 is 1.17 bits per heavy atom. The Labute approximate surface area is 178 Å². The maximum atomic E-state index is 12.4. The topological polar surface area (TPSA) is 79.1 Å². The minimum atomic E-state index is -0.446. The van der Waals surface area contributed by atoms with Crippen LogP contribution in [-0.4, -0.2) is 32.8 Å². The molecule has 0 unspecified atom stereocenters. The van der Waals surface area contributed by atoms with Crippen molar-refractivity contribution in [3.05, 3.63) is 76.7 Å². The molecule has 1 aromatic carbocycles. The van der Waals surface area contributed by atoms with Crippen LogP contribution in [0.5, 0.6) is 5.75 Å². The zero-order valence-electron chi connectivity index (χ0n) is 16.8. The molecular formula is C22H20N4O3S. The molecule has 4 rings (SSSR count). The highest BCUT2D eigenvalue weighted by Crippen LogP contribution is 2.27. The van der Waals surface area contributed by atoms with Gasteiger partial charge in [0.05, 0.1) is 24.1 Å². The lowest BCUT2D eigenvalue weighted by atomic mass is 10.2. The summed E-state index contributed by atoms with van der Waals surface area (Å²) < 4.78 is 12.4. The summed E-state index contributed by atoms with van der Waals surface area (Å²) in [6, 6.07) is 13.1. The van der Waals surface area contributed by atoms with Gasteiger partial charge in [-0.25, -0.2) is 19.4 Å². The number of rotatable bonds is 6. The van der Waals surface area contributed by atoms with Crippen LogP contribution < -0.4 is 4.74 Å². The lowest BCUT2D eigenvalue weighted by Crippen LogP contribution is -2.08. The van der Waals surface area contributed by atoms with Crippen LogP contribution in [0, 0.1) is 13.8 Å². The zero-order chi connectivity index (χ0) is 21.1. The highest BCUT2D eigenvalue weighted by Gasteiger charge is 2.12. The van der Waals surface area contributed by atoms with Crippen LogP contribution in [0.15, 0.2) is 54.0 Å². The monoisotopic (exact) mass is 420 g/mol. The first-order valence-electron chi connectivity index (χ1n) is 9.29. The minimum absolute atomic E-state index is 0.0957. The number of hydrogen-bond acceptors (Lipinski definition) is 7. The number of nitrogens with zero attached hydrogens (tertiary/aromatic N) is 4. The molecule has 0 saturated carbocycles. The Morgan fingerprint density at radius 2 is 2.03 bits per heavy atom. The van der Waals surface area contributed by atoms with Gasteiger partial charge in [-0.1, -0.05) is 12.1 Å². The van der Waals surface area contributed by atoms with Gasteiger partial charge in [0.2, 0.25) is 0 Å². The summed E-state index contributed by atoms with van der Waals surface area (Å²) in [4.78, 5) is 21.3. The molecule has 4 aromatic rings. The van der Waals surface area contributed by atoms with Crippen molar-refractivity contribution in [2.45, 2.75) is 20.5 Å². The van der Waals surface area contributed by atoms with E-state index < -0.39 is 5.97 Å². The number of benzene rings is 1. The van der Waals surface area contributed by atoms with Crippen molar-refractivity contribution in [2.24, 2.45) is 0 Å². The van der Waals surface area contributed by atoms with Gasteiger partial charge in [-0.15, -0.1) is 11.3 Å². The summed E-state index contributed by atoms with van der Waals surface area (Å²) >= 11 is 1.49. The number of hydrogen-bond donors (Lipinski definition) is 0. The number of pyridine rings is 1. The van der Waals surface area contributed by atoms with Gasteiger partial charge in [0.25, 0.3) is 0 Å². The number of ether oxygens (including phenoxy) is 2. The molecule has 0 aliphatic heterocycles.